The molecular formula is C58H44F3N3O5S. The van der Waals surface area contributed by atoms with Crippen molar-refractivity contribution in [3.8, 4) is 56.3 Å². The number of hydrogen-bond donors (Lipinski definition) is 0. The van der Waals surface area contributed by atoms with Crippen LogP contribution in [0.1, 0.15) is 40.7 Å². The average Bonchev–Trinajstić information content (AvgIpc) is 3.39. The van der Waals surface area contributed by atoms with E-state index in [0.717, 1.165) is 55.8 Å². The van der Waals surface area contributed by atoms with Crippen LogP contribution < -0.4 is 14.0 Å². The van der Waals surface area contributed by atoms with E-state index in [1.807, 2.05) is 138 Å². The van der Waals surface area contributed by atoms with Crippen LogP contribution in [0.15, 0.2) is 194 Å². The van der Waals surface area contributed by atoms with Crippen molar-refractivity contribution in [2.45, 2.75) is 44.3 Å². The number of alkyl halides is 3. The molecule has 8 nitrogen and oxygen atoms in total. The molecule has 0 radical (unpaired) electrons. The molecule has 348 valence electrons. The molecule has 70 heavy (non-hydrogen) atoms. The molecule has 0 aliphatic carbocycles. The Morgan fingerprint density at radius 2 is 0.843 bits per heavy atom. The van der Waals surface area contributed by atoms with Gasteiger partial charge < -0.3 is 14.0 Å². The lowest BCUT2D eigenvalue weighted by molar-refractivity contribution is -0.119. The minimum Gasteiger partial charge on any atom is -0.376 e. The average molecular weight is 952 g/mol. The van der Waals surface area contributed by atoms with E-state index in [1.54, 1.807) is 12.1 Å². The summed E-state index contributed by atoms with van der Waals surface area (Å²) in [5.41, 5.74) is 7.07. The number of fused-ring (bicyclic) bond motifs is 2. The number of anilines is 2. The van der Waals surface area contributed by atoms with Crippen molar-refractivity contribution >= 4 is 33.3 Å². The summed E-state index contributed by atoms with van der Waals surface area (Å²) in [5.74, 6) is -0.566. The third-order valence-electron chi connectivity index (χ3n) is 12.4. The second-order valence-corrected chi connectivity index (χ2v) is 18.4. The molecule has 0 saturated heterocycles. The summed E-state index contributed by atoms with van der Waals surface area (Å²) < 4.78 is 67.5. The van der Waals surface area contributed by atoms with E-state index in [2.05, 4.69) is 46.7 Å². The summed E-state index contributed by atoms with van der Waals surface area (Å²) in [4.78, 5) is 29.6. The van der Waals surface area contributed by atoms with Gasteiger partial charge in [-0.05, 0) is 81.1 Å². The zero-order valence-electron chi connectivity index (χ0n) is 37.6. The van der Waals surface area contributed by atoms with Crippen LogP contribution in [-0.4, -0.2) is 25.7 Å². The van der Waals surface area contributed by atoms with Gasteiger partial charge in [0.05, 0.1) is 36.1 Å². The highest BCUT2D eigenvalue weighted by Crippen LogP contribution is 2.45. The molecule has 0 N–H and O–H groups in total. The maximum Gasteiger partial charge on any atom is 0.534 e. The van der Waals surface area contributed by atoms with E-state index in [1.165, 1.54) is 22.6 Å². The Kier molecular flexibility index (Phi) is 13.5. The van der Waals surface area contributed by atoms with Gasteiger partial charge in [0.2, 0.25) is 11.8 Å². The number of carbonyl (C=O) groups excluding carboxylic acids is 2. The maximum atomic E-state index is 13.2. The molecule has 0 bridgehead atoms. The molecule has 0 saturated carbocycles. The van der Waals surface area contributed by atoms with E-state index in [-0.39, 0.29) is 36.8 Å². The largest absolute Gasteiger partial charge is 0.534 e. The topological polar surface area (TPSA) is 108 Å². The minimum absolute atomic E-state index is 0.00420. The number of rotatable bonds is 10. The van der Waals surface area contributed by atoms with E-state index >= 15 is 0 Å². The molecule has 0 aromatic heterocycles. The van der Waals surface area contributed by atoms with Gasteiger partial charge in [-0.2, -0.15) is 26.9 Å². The lowest BCUT2D eigenvalue weighted by Crippen LogP contribution is -2.36. The molecule has 0 spiro atoms. The Balaban J connectivity index is 0.000000176. The zero-order valence-corrected chi connectivity index (χ0v) is 38.5. The van der Waals surface area contributed by atoms with Crippen LogP contribution in [0.2, 0.25) is 0 Å². The zero-order chi connectivity index (χ0) is 48.8. The molecule has 2 amide bonds. The molecule has 2 aliphatic heterocycles. The van der Waals surface area contributed by atoms with Gasteiger partial charge in [-0.15, -0.1) is 0 Å². The fourth-order valence-electron chi connectivity index (χ4n) is 8.96. The van der Waals surface area contributed by atoms with E-state index < -0.39 is 21.4 Å². The number of carbonyl (C=O) groups is 2. The summed E-state index contributed by atoms with van der Waals surface area (Å²) in [5, 5.41) is 9.68. The van der Waals surface area contributed by atoms with Crippen LogP contribution in [0.3, 0.4) is 0 Å². The van der Waals surface area contributed by atoms with E-state index in [0.29, 0.717) is 36.2 Å². The molecule has 0 fully saturated rings. The molecule has 2 heterocycles. The fraction of sp³-hybridized carbons (Fsp3) is 0.121. The second kappa shape index (κ2) is 20.1. The molecule has 2 aliphatic rings. The lowest BCUT2D eigenvalue weighted by atomic mass is 9.90. The van der Waals surface area contributed by atoms with Gasteiger partial charge >= 0.3 is 15.6 Å². The highest BCUT2D eigenvalue weighted by atomic mass is 32.2. The van der Waals surface area contributed by atoms with Crippen molar-refractivity contribution in [3.63, 3.8) is 0 Å². The number of nitriles is 1. The number of amides is 2. The first-order valence-corrected chi connectivity index (χ1v) is 24.0. The number of hydrogen-bond acceptors (Lipinski definition) is 6. The molecular weight excluding hydrogens is 908 g/mol. The third kappa shape index (κ3) is 9.97. The van der Waals surface area contributed by atoms with Crippen LogP contribution in [0.5, 0.6) is 5.75 Å². The first-order chi connectivity index (χ1) is 33.9. The first-order valence-electron chi connectivity index (χ1n) is 22.6. The highest BCUT2D eigenvalue weighted by molar-refractivity contribution is 7.88. The standard InChI is InChI=1S/C29H22F3NO4S.C29H22N2O/c30-29(31,32)38(35,36)37-26-17-15-24(23-9-5-2-6-10-23)28-25(26)16-18-27(34)33(28)19-20-11-13-22(14-12-20)21-7-3-1-4-8-21;30-19-25-15-16-26(24-9-5-2-6-10-24)29-27(25)17-18-28(32)31(29)20-21-11-13-23(14-12-21)22-7-3-1-4-8-22/h1-15,17H,16,18-19H2;1-16H,17-18,20H2. The molecule has 12 heteroatoms. The Morgan fingerprint density at radius 3 is 1.26 bits per heavy atom. The molecule has 8 aromatic rings. The van der Waals surface area contributed by atoms with Gasteiger partial charge in [-0.25, -0.2) is 0 Å². The van der Waals surface area contributed by atoms with Gasteiger partial charge in [0.1, 0.15) is 5.75 Å². The van der Waals surface area contributed by atoms with E-state index in [4.69, 9.17) is 0 Å². The third-order valence-corrected chi connectivity index (χ3v) is 13.4. The Hall–Kier alpha value is -8.27. The van der Waals surface area contributed by atoms with Crippen LogP contribution in [0.25, 0.3) is 44.5 Å². The monoisotopic (exact) mass is 951 g/mol. The van der Waals surface area contributed by atoms with Crippen molar-refractivity contribution in [2.75, 3.05) is 9.80 Å². The summed E-state index contributed by atoms with van der Waals surface area (Å²) in [6, 6.07) is 64.1. The first kappa shape index (κ1) is 46.8. The summed E-state index contributed by atoms with van der Waals surface area (Å²) >= 11 is 0. The summed E-state index contributed by atoms with van der Waals surface area (Å²) in [7, 11) is -5.89. The Labute approximate surface area is 404 Å². The quantitative estimate of drug-likeness (QED) is 0.0998. The fourth-order valence-corrected chi connectivity index (χ4v) is 9.45. The molecule has 8 aromatic carbocycles. The normalized spacial score (nSPS) is 13.3. The predicted molar refractivity (Wildman–Crippen MR) is 267 cm³/mol. The van der Waals surface area contributed by atoms with Crippen molar-refractivity contribution in [2.24, 2.45) is 0 Å². The van der Waals surface area contributed by atoms with Crippen molar-refractivity contribution in [3.05, 3.63) is 222 Å². The van der Waals surface area contributed by atoms with Crippen molar-refractivity contribution in [1.29, 1.82) is 5.26 Å². The number of halogens is 3. The van der Waals surface area contributed by atoms with Crippen LogP contribution >= 0.6 is 0 Å². The van der Waals surface area contributed by atoms with E-state index in [9.17, 15) is 36.4 Å². The Morgan fingerprint density at radius 1 is 0.471 bits per heavy atom. The second-order valence-electron chi connectivity index (χ2n) is 16.8. The van der Waals surface area contributed by atoms with Crippen molar-refractivity contribution < 1.29 is 35.4 Å². The molecule has 10 rings (SSSR count). The summed E-state index contributed by atoms with van der Waals surface area (Å²) in [6.45, 7) is 0.631. The predicted octanol–water partition coefficient (Wildman–Crippen LogP) is 13.1. The van der Waals surface area contributed by atoms with Gasteiger partial charge in [-0.1, -0.05) is 176 Å². The van der Waals surface area contributed by atoms with Crippen LogP contribution in [-0.2, 0) is 45.6 Å². The lowest BCUT2D eigenvalue weighted by Gasteiger charge is -2.33. The highest BCUT2D eigenvalue weighted by Gasteiger charge is 2.49. The van der Waals surface area contributed by atoms with Crippen LogP contribution in [0.4, 0.5) is 24.5 Å². The maximum absolute atomic E-state index is 13.2. The Bertz CT molecular complexity index is 3330. The molecule has 0 unspecified atom stereocenters. The van der Waals surface area contributed by atoms with Gasteiger partial charge in [0.15, 0.2) is 0 Å². The van der Waals surface area contributed by atoms with Crippen LogP contribution in [0, 0.1) is 11.3 Å². The number of benzene rings is 8. The summed E-state index contributed by atoms with van der Waals surface area (Å²) in [6.07, 6.45) is 1.06. The number of nitrogens with zero attached hydrogens (tertiary/aromatic N) is 3. The minimum atomic E-state index is -5.89. The smallest absolute Gasteiger partial charge is 0.376 e. The SMILES string of the molecule is N#Cc1ccc(-c2ccccc2)c2c1CCC(=O)N2Cc1ccc(-c2ccccc2)cc1.O=C1CCc2c(OS(=O)(=O)C(F)(F)F)ccc(-c3ccccc3)c2N1Cc1ccc(-c2ccccc2)cc1. The van der Waals surface area contributed by atoms with Gasteiger partial charge in [-0.3, -0.25) is 9.59 Å². The van der Waals surface area contributed by atoms with Gasteiger partial charge in [0.25, 0.3) is 0 Å². The molecule has 0 atom stereocenters. The van der Waals surface area contributed by atoms with Gasteiger partial charge in [0, 0.05) is 29.5 Å². The van der Waals surface area contributed by atoms with Crippen molar-refractivity contribution in [1.82, 2.24) is 0 Å².